The van der Waals surface area contributed by atoms with Crippen molar-refractivity contribution in [1.29, 1.82) is 0 Å². The average Bonchev–Trinajstić information content (AvgIpc) is 2.96. The number of carbonyl (C=O) groups is 1. The smallest absolute Gasteiger partial charge is 0.345 e. The van der Waals surface area contributed by atoms with Gasteiger partial charge in [-0.2, -0.15) is 0 Å². The number of fused-ring (bicyclic) bond motifs is 1. The molecule has 0 spiro atoms. The van der Waals surface area contributed by atoms with Crippen LogP contribution in [-0.4, -0.2) is 25.6 Å². The molecule has 0 aliphatic carbocycles. The third-order valence-corrected chi connectivity index (χ3v) is 6.57. The first-order valence-corrected chi connectivity index (χ1v) is 9.24. The van der Waals surface area contributed by atoms with E-state index in [9.17, 15) is 13.2 Å². The van der Waals surface area contributed by atoms with Crippen LogP contribution in [0.1, 0.15) is 5.56 Å². The molecule has 1 N–H and O–H groups in total. The predicted molar refractivity (Wildman–Crippen MR) is 89.1 cm³/mol. The minimum Gasteiger partial charge on any atom is -0.478 e. The molecule has 9 heteroatoms. The molecule has 2 aromatic rings. The van der Waals surface area contributed by atoms with E-state index >= 15 is 0 Å². The van der Waals surface area contributed by atoms with Gasteiger partial charge < -0.3 is 9.84 Å². The van der Waals surface area contributed by atoms with E-state index in [2.05, 4.69) is 0 Å². The molecule has 1 unspecified atom stereocenters. The van der Waals surface area contributed by atoms with Crippen molar-refractivity contribution in [1.82, 2.24) is 0 Å². The molecule has 2 aromatic carbocycles. The van der Waals surface area contributed by atoms with Crippen LogP contribution in [0.15, 0.2) is 40.1 Å². The zero-order valence-corrected chi connectivity index (χ0v) is 14.9. The molecule has 0 bridgehead atoms. The number of carboxylic acid groups (broad SMARTS) is 1. The van der Waals surface area contributed by atoms with Crippen LogP contribution in [0.4, 0.5) is 0 Å². The minimum absolute atomic E-state index is 0.00137. The summed E-state index contributed by atoms with van der Waals surface area (Å²) in [4.78, 5) is 10.9. The Hall–Kier alpha value is -1.47. The number of halogens is 3. The largest absolute Gasteiger partial charge is 0.478 e. The normalized spacial score (nSPS) is 16.5. The van der Waals surface area contributed by atoms with Gasteiger partial charge in [0.2, 0.25) is 9.84 Å². The summed E-state index contributed by atoms with van der Waals surface area (Å²) in [5, 5.41) is 9.11. The molecule has 126 valence electrons. The maximum Gasteiger partial charge on any atom is 0.345 e. The quantitative estimate of drug-likeness (QED) is 0.835. The van der Waals surface area contributed by atoms with Gasteiger partial charge in [0, 0.05) is 17.0 Å². The second-order valence-electron chi connectivity index (χ2n) is 5.10. The Balaban J connectivity index is 2.14. The summed E-state index contributed by atoms with van der Waals surface area (Å²) in [6, 6.07) is 6.90. The highest BCUT2D eigenvalue weighted by atomic mass is 35.5. The predicted octanol–water partition coefficient (Wildman–Crippen LogP) is 3.87. The second kappa shape index (κ2) is 6.11. The fourth-order valence-electron chi connectivity index (χ4n) is 2.37. The van der Waals surface area contributed by atoms with E-state index in [1.807, 2.05) is 0 Å². The Labute approximate surface area is 152 Å². The van der Waals surface area contributed by atoms with Crippen LogP contribution in [0.25, 0.3) is 0 Å². The third kappa shape index (κ3) is 2.84. The molecule has 1 heterocycles. The molecule has 0 radical (unpaired) electrons. The van der Waals surface area contributed by atoms with E-state index in [1.165, 1.54) is 30.3 Å². The summed E-state index contributed by atoms with van der Waals surface area (Å²) in [6.45, 7) is 0. The van der Waals surface area contributed by atoms with E-state index in [0.717, 1.165) is 0 Å². The molecule has 3 rings (SSSR count). The summed E-state index contributed by atoms with van der Waals surface area (Å²) in [5.41, 5.74) is 0.379. The molecule has 0 aromatic heterocycles. The molecule has 0 fully saturated rings. The number of hydrogen-bond acceptors (Lipinski definition) is 4. The number of benzene rings is 2. The maximum atomic E-state index is 12.8. The van der Waals surface area contributed by atoms with E-state index in [4.69, 9.17) is 44.6 Å². The highest BCUT2D eigenvalue weighted by Gasteiger charge is 2.35. The number of carboxylic acids is 1. The Bertz CT molecular complexity index is 939. The van der Waals surface area contributed by atoms with Gasteiger partial charge in [-0.25, -0.2) is 13.2 Å². The lowest BCUT2D eigenvalue weighted by Crippen LogP contribution is -2.24. The summed E-state index contributed by atoms with van der Waals surface area (Å²) in [6.07, 6.45) is -1.12. The Morgan fingerprint density at radius 3 is 2.33 bits per heavy atom. The molecule has 1 aliphatic rings. The van der Waals surface area contributed by atoms with Crippen LogP contribution in [0.5, 0.6) is 5.75 Å². The van der Waals surface area contributed by atoms with Crippen LogP contribution in [0, 0.1) is 0 Å². The maximum absolute atomic E-state index is 12.8. The van der Waals surface area contributed by atoms with Gasteiger partial charge in [-0.05, 0) is 30.3 Å². The standard InChI is InChI=1S/C15H9Cl3O5S/c16-8-1-3-9(4-2-8)24(21,22)11-6-7-5-10(15(19)20)23-14(7)13(18)12(11)17/h1-4,6,10H,5H2,(H,19,20). The van der Waals surface area contributed by atoms with Crippen molar-refractivity contribution in [3.8, 4) is 5.75 Å². The Morgan fingerprint density at radius 1 is 1.12 bits per heavy atom. The van der Waals surface area contributed by atoms with Crippen LogP contribution >= 0.6 is 34.8 Å². The number of hydrogen-bond donors (Lipinski definition) is 1. The van der Waals surface area contributed by atoms with Gasteiger partial charge in [-0.15, -0.1) is 0 Å². The summed E-state index contributed by atoms with van der Waals surface area (Å²) in [7, 11) is -3.95. The van der Waals surface area contributed by atoms with Gasteiger partial charge in [0.25, 0.3) is 0 Å². The first kappa shape index (κ1) is 17.4. The van der Waals surface area contributed by atoms with Gasteiger partial charge in [0.15, 0.2) is 6.10 Å². The topological polar surface area (TPSA) is 80.7 Å². The Morgan fingerprint density at radius 2 is 1.75 bits per heavy atom. The fourth-order valence-corrected chi connectivity index (χ4v) is 4.65. The zero-order chi connectivity index (χ0) is 17.6. The molecular formula is C15H9Cl3O5S. The minimum atomic E-state index is -3.95. The SMILES string of the molecule is O=C(O)C1Cc2cc(S(=O)(=O)c3ccc(Cl)cc3)c(Cl)c(Cl)c2O1. The number of rotatable bonds is 3. The summed E-state index contributed by atoms with van der Waals surface area (Å²) < 4.78 is 30.8. The average molecular weight is 408 g/mol. The van der Waals surface area contributed by atoms with E-state index < -0.39 is 21.9 Å². The van der Waals surface area contributed by atoms with Crippen molar-refractivity contribution in [2.24, 2.45) is 0 Å². The molecule has 1 aliphatic heterocycles. The van der Waals surface area contributed by atoms with E-state index in [1.54, 1.807) is 0 Å². The van der Waals surface area contributed by atoms with Crippen molar-refractivity contribution < 1.29 is 23.1 Å². The summed E-state index contributed by atoms with van der Waals surface area (Å²) >= 11 is 18.0. The lowest BCUT2D eigenvalue weighted by atomic mass is 10.1. The molecule has 24 heavy (non-hydrogen) atoms. The number of sulfone groups is 1. The first-order chi connectivity index (χ1) is 11.2. The molecule has 0 saturated carbocycles. The first-order valence-electron chi connectivity index (χ1n) is 6.63. The van der Waals surface area contributed by atoms with Gasteiger partial charge in [0.1, 0.15) is 10.8 Å². The number of aliphatic carboxylic acids is 1. The van der Waals surface area contributed by atoms with Crippen LogP contribution in [-0.2, 0) is 21.1 Å². The van der Waals surface area contributed by atoms with Crippen molar-refractivity contribution in [2.45, 2.75) is 22.3 Å². The molecule has 0 saturated heterocycles. The molecule has 0 amide bonds. The second-order valence-corrected chi connectivity index (χ2v) is 8.21. The fraction of sp³-hybridized carbons (Fsp3) is 0.133. The van der Waals surface area contributed by atoms with Gasteiger partial charge in [-0.3, -0.25) is 0 Å². The lowest BCUT2D eigenvalue weighted by Gasteiger charge is -2.11. The number of ether oxygens (including phenoxy) is 1. The highest BCUT2D eigenvalue weighted by Crippen LogP contribution is 2.45. The zero-order valence-electron chi connectivity index (χ0n) is 11.8. The van der Waals surface area contributed by atoms with Crippen molar-refractivity contribution in [3.05, 3.63) is 51.0 Å². The van der Waals surface area contributed by atoms with Gasteiger partial charge in [-0.1, -0.05) is 34.8 Å². The highest BCUT2D eigenvalue weighted by molar-refractivity contribution is 7.91. The molecule has 5 nitrogen and oxygen atoms in total. The molecule has 1 atom stereocenters. The van der Waals surface area contributed by atoms with Crippen molar-refractivity contribution in [3.63, 3.8) is 0 Å². The van der Waals surface area contributed by atoms with Crippen LogP contribution in [0.3, 0.4) is 0 Å². The third-order valence-electron chi connectivity index (χ3n) is 3.56. The Kier molecular flexibility index (Phi) is 4.42. The van der Waals surface area contributed by atoms with E-state index in [0.29, 0.717) is 10.6 Å². The van der Waals surface area contributed by atoms with Crippen LogP contribution in [0.2, 0.25) is 15.1 Å². The lowest BCUT2D eigenvalue weighted by molar-refractivity contribution is -0.144. The van der Waals surface area contributed by atoms with Crippen molar-refractivity contribution in [2.75, 3.05) is 0 Å². The van der Waals surface area contributed by atoms with Crippen LogP contribution < -0.4 is 4.74 Å². The van der Waals surface area contributed by atoms with Gasteiger partial charge >= 0.3 is 5.97 Å². The van der Waals surface area contributed by atoms with E-state index in [-0.39, 0.29) is 32.0 Å². The monoisotopic (exact) mass is 406 g/mol. The van der Waals surface area contributed by atoms with Crippen molar-refractivity contribution >= 4 is 50.6 Å². The summed E-state index contributed by atoms with van der Waals surface area (Å²) in [5.74, 6) is -1.07. The molecular weight excluding hydrogens is 399 g/mol. The van der Waals surface area contributed by atoms with Gasteiger partial charge in [0.05, 0.1) is 14.8 Å².